The maximum Gasteiger partial charge on any atom is 0.0738 e. The van der Waals surface area contributed by atoms with Crippen LogP contribution in [0, 0.1) is 0 Å². The first-order valence-corrected chi connectivity index (χ1v) is 7.59. The molecule has 1 N–H and O–H groups in total. The van der Waals surface area contributed by atoms with Crippen molar-refractivity contribution in [1.82, 2.24) is 25.2 Å². The van der Waals surface area contributed by atoms with E-state index in [1.54, 1.807) is 0 Å². The lowest BCUT2D eigenvalue weighted by atomic mass is 10.1. The van der Waals surface area contributed by atoms with Crippen LogP contribution in [-0.2, 0) is 13.6 Å². The Morgan fingerprint density at radius 2 is 1.90 bits per heavy atom. The van der Waals surface area contributed by atoms with Crippen LogP contribution in [0.2, 0.25) is 0 Å². The summed E-state index contributed by atoms with van der Waals surface area (Å²) in [5, 5.41) is 11.4. The van der Waals surface area contributed by atoms with Gasteiger partial charge in [-0.05, 0) is 18.7 Å². The first kappa shape index (κ1) is 15.7. The van der Waals surface area contributed by atoms with E-state index in [2.05, 4.69) is 64.7 Å². The Morgan fingerprint density at radius 1 is 1.19 bits per heavy atom. The van der Waals surface area contributed by atoms with Gasteiger partial charge in [-0.1, -0.05) is 49.4 Å². The van der Waals surface area contributed by atoms with Gasteiger partial charge >= 0.3 is 0 Å². The predicted molar refractivity (Wildman–Crippen MR) is 84.8 cm³/mol. The zero-order chi connectivity index (χ0) is 15.1. The number of nitrogens with zero attached hydrogens (tertiary/aromatic N) is 4. The Labute approximate surface area is 127 Å². The van der Waals surface area contributed by atoms with Crippen molar-refractivity contribution in [3.8, 4) is 0 Å². The highest BCUT2D eigenvalue weighted by atomic mass is 15.4. The molecule has 1 unspecified atom stereocenters. The number of likely N-dealkylation sites (N-methyl/N-ethyl adjacent to an activating group) is 1. The van der Waals surface area contributed by atoms with Gasteiger partial charge in [0.25, 0.3) is 0 Å². The van der Waals surface area contributed by atoms with Crippen molar-refractivity contribution in [3.63, 3.8) is 0 Å². The fourth-order valence-electron chi connectivity index (χ4n) is 2.61. The number of aryl methyl sites for hydroxylation is 1. The summed E-state index contributed by atoms with van der Waals surface area (Å²) in [6, 6.07) is 11.1. The lowest BCUT2D eigenvalue weighted by Crippen LogP contribution is -2.35. The van der Waals surface area contributed by atoms with Gasteiger partial charge in [-0.15, -0.1) is 5.10 Å². The summed E-state index contributed by atoms with van der Waals surface area (Å²) in [6.07, 6.45) is 1.81. The quantitative estimate of drug-likeness (QED) is 0.806. The molecule has 2 aromatic rings. The molecule has 0 fully saturated rings. The van der Waals surface area contributed by atoms with Crippen molar-refractivity contribution in [2.45, 2.75) is 26.4 Å². The molecule has 1 atom stereocenters. The second kappa shape index (κ2) is 7.90. The summed E-state index contributed by atoms with van der Waals surface area (Å²) in [5.41, 5.74) is 2.46. The summed E-state index contributed by atoms with van der Waals surface area (Å²) >= 11 is 0. The minimum Gasteiger partial charge on any atom is -0.309 e. The van der Waals surface area contributed by atoms with Crippen LogP contribution < -0.4 is 5.32 Å². The van der Waals surface area contributed by atoms with Gasteiger partial charge in [-0.2, -0.15) is 0 Å². The molecule has 5 nitrogen and oxygen atoms in total. The maximum atomic E-state index is 3.96. The van der Waals surface area contributed by atoms with Crippen LogP contribution in [0.1, 0.15) is 31.1 Å². The molecule has 0 bridgehead atoms. The molecule has 0 saturated carbocycles. The van der Waals surface area contributed by atoms with E-state index in [0.717, 1.165) is 31.9 Å². The van der Waals surface area contributed by atoms with Crippen molar-refractivity contribution < 1.29 is 0 Å². The van der Waals surface area contributed by atoms with E-state index >= 15 is 0 Å². The lowest BCUT2D eigenvalue weighted by molar-refractivity contribution is 0.212. The highest BCUT2D eigenvalue weighted by molar-refractivity contribution is 5.19. The van der Waals surface area contributed by atoms with Gasteiger partial charge in [0.05, 0.1) is 11.9 Å². The number of hydrogen-bond donors (Lipinski definition) is 1. The van der Waals surface area contributed by atoms with E-state index in [9.17, 15) is 0 Å². The van der Waals surface area contributed by atoms with Crippen LogP contribution in [0.3, 0.4) is 0 Å². The molecule has 0 spiro atoms. The Hall–Kier alpha value is -1.72. The highest BCUT2D eigenvalue weighted by Crippen LogP contribution is 2.19. The summed E-state index contributed by atoms with van der Waals surface area (Å²) in [7, 11) is 1.92. The molecular formula is C16H25N5. The van der Waals surface area contributed by atoms with Crippen molar-refractivity contribution in [1.29, 1.82) is 0 Å². The molecule has 5 heteroatoms. The van der Waals surface area contributed by atoms with E-state index in [0.29, 0.717) is 6.04 Å². The van der Waals surface area contributed by atoms with Gasteiger partial charge in [0, 0.05) is 26.2 Å². The first-order valence-electron chi connectivity index (χ1n) is 7.59. The first-order chi connectivity index (χ1) is 10.3. The Balaban J connectivity index is 2.01. The third-order valence-electron chi connectivity index (χ3n) is 3.89. The molecule has 1 heterocycles. The largest absolute Gasteiger partial charge is 0.309 e. The van der Waals surface area contributed by atoms with E-state index < -0.39 is 0 Å². The topological polar surface area (TPSA) is 46.0 Å². The number of benzene rings is 1. The van der Waals surface area contributed by atoms with E-state index in [1.165, 1.54) is 5.56 Å². The molecule has 21 heavy (non-hydrogen) atoms. The van der Waals surface area contributed by atoms with Crippen LogP contribution >= 0.6 is 0 Å². The molecule has 0 radical (unpaired) electrons. The van der Waals surface area contributed by atoms with Crippen molar-refractivity contribution >= 4 is 0 Å². The normalized spacial score (nSPS) is 12.8. The second-order valence-corrected chi connectivity index (χ2v) is 5.13. The van der Waals surface area contributed by atoms with Gasteiger partial charge < -0.3 is 5.32 Å². The minimum atomic E-state index is 0.391. The molecule has 0 aliphatic carbocycles. The zero-order valence-electron chi connectivity index (χ0n) is 13.2. The van der Waals surface area contributed by atoms with Crippen LogP contribution in [0.15, 0.2) is 36.5 Å². The fraction of sp³-hybridized carbons (Fsp3) is 0.500. The standard InChI is InChI=1S/C16H25N5/c1-4-21(5-2)16(14-9-7-6-8-10-14)13-17-11-15-12-18-19-20(15)3/h6-10,12,16-17H,4-5,11,13H2,1-3H3. The average molecular weight is 287 g/mol. The van der Waals surface area contributed by atoms with Crippen LogP contribution in [0.4, 0.5) is 0 Å². The van der Waals surface area contributed by atoms with Crippen LogP contribution in [0.5, 0.6) is 0 Å². The Morgan fingerprint density at radius 3 is 2.48 bits per heavy atom. The smallest absolute Gasteiger partial charge is 0.0738 e. The van der Waals surface area contributed by atoms with Crippen molar-refractivity contribution in [2.75, 3.05) is 19.6 Å². The number of rotatable bonds is 8. The van der Waals surface area contributed by atoms with Crippen LogP contribution in [0.25, 0.3) is 0 Å². The number of hydrogen-bond acceptors (Lipinski definition) is 4. The summed E-state index contributed by atoms with van der Waals surface area (Å²) in [4.78, 5) is 2.48. The monoisotopic (exact) mass is 287 g/mol. The zero-order valence-corrected chi connectivity index (χ0v) is 13.2. The fourth-order valence-corrected chi connectivity index (χ4v) is 2.61. The molecule has 0 amide bonds. The van der Waals surface area contributed by atoms with Crippen molar-refractivity contribution in [3.05, 3.63) is 47.8 Å². The maximum absolute atomic E-state index is 3.96. The number of nitrogens with one attached hydrogen (secondary N) is 1. The van der Waals surface area contributed by atoms with E-state index in [-0.39, 0.29) is 0 Å². The molecule has 114 valence electrons. The average Bonchev–Trinajstić information content (AvgIpc) is 2.93. The Kier molecular flexibility index (Phi) is 5.90. The lowest BCUT2D eigenvalue weighted by Gasteiger charge is -2.30. The van der Waals surface area contributed by atoms with Gasteiger partial charge in [0.15, 0.2) is 0 Å². The van der Waals surface area contributed by atoms with Gasteiger partial charge in [-0.25, -0.2) is 0 Å². The minimum absolute atomic E-state index is 0.391. The van der Waals surface area contributed by atoms with Gasteiger partial charge in [-0.3, -0.25) is 9.58 Å². The molecule has 1 aromatic carbocycles. The van der Waals surface area contributed by atoms with Gasteiger partial charge in [0.2, 0.25) is 0 Å². The summed E-state index contributed by atoms with van der Waals surface area (Å²) < 4.78 is 1.81. The molecule has 2 rings (SSSR count). The third kappa shape index (κ3) is 4.12. The molecular weight excluding hydrogens is 262 g/mol. The third-order valence-corrected chi connectivity index (χ3v) is 3.89. The molecule has 0 saturated heterocycles. The SMILES string of the molecule is CCN(CC)C(CNCc1cnnn1C)c1ccccc1. The second-order valence-electron chi connectivity index (χ2n) is 5.13. The molecule has 0 aliphatic heterocycles. The highest BCUT2D eigenvalue weighted by Gasteiger charge is 2.17. The van der Waals surface area contributed by atoms with E-state index in [1.807, 2.05) is 17.9 Å². The van der Waals surface area contributed by atoms with Gasteiger partial charge in [0.1, 0.15) is 0 Å². The molecule has 0 aliphatic rings. The summed E-state index contributed by atoms with van der Waals surface area (Å²) in [5.74, 6) is 0. The number of aromatic nitrogens is 3. The molecule has 1 aromatic heterocycles. The predicted octanol–water partition coefficient (Wildman–Crippen LogP) is 1.99. The van der Waals surface area contributed by atoms with E-state index in [4.69, 9.17) is 0 Å². The summed E-state index contributed by atoms with van der Waals surface area (Å²) in [6.45, 7) is 8.22. The van der Waals surface area contributed by atoms with Crippen LogP contribution in [-0.4, -0.2) is 39.5 Å². The van der Waals surface area contributed by atoms with Crippen molar-refractivity contribution in [2.24, 2.45) is 7.05 Å². The Bertz CT molecular complexity index is 518.